The normalized spacial score (nSPS) is 13.2. The average molecular weight is 185 g/mol. The molecule has 0 radical (unpaired) electrons. The lowest BCUT2D eigenvalue weighted by Gasteiger charge is -2.18. The molecule has 0 rings (SSSR count). The molecule has 13 heavy (non-hydrogen) atoms. The number of carboxylic acids is 1. The Balaban J connectivity index is 3.74. The minimum Gasteiger partial charge on any atom is -0.550 e. The van der Waals surface area contributed by atoms with Gasteiger partial charge >= 0.3 is 0 Å². The van der Waals surface area contributed by atoms with Gasteiger partial charge in [0, 0.05) is 5.97 Å². The van der Waals surface area contributed by atoms with Crippen LogP contribution < -0.4 is 5.11 Å². The van der Waals surface area contributed by atoms with Crippen LogP contribution in [0.5, 0.6) is 0 Å². The first-order valence-corrected chi connectivity index (χ1v) is 5.28. The van der Waals surface area contributed by atoms with Crippen LogP contribution in [-0.4, -0.2) is 5.97 Å². The van der Waals surface area contributed by atoms with Gasteiger partial charge in [-0.25, -0.2) is 0 Å². The fourth-order valence-corrected chi connectivity index (χ4v) is 1.37. The Labute approximate surface area is 81.3 Å². The quantitative estimate of drug-likeness (QED) is 0.608. The first-order chi connectivity index (χ1) is 6.07. The van der Waals surface area contributed by atoms with E-state index in [9.17, 15) is 9.90 Å². The molecule has 0 aliphatic rings. The van der Waals surface area contributed by atoms with Crippen molar-refractivity contribution < 1.29 is 9.90 Å². The zero-order chi connectivity index (χ0) is 10.3. The summed E-state index contributed by atoms with van der Waals surface area (Å²) in [5, 5.41) is 10.7. The number of hydrogen-bond donors (Lipinski definition) is 0. The molecule has 0 spiro atoms. The summed E-state index contributed by atoms with van der Waals surface area (Å²) >= 11 is 0. The number of carboxylic acid groups (broad SMARTS) is 1. The standard InChI is InChI=1S/C11H22O2/c1-4-5-6-10(11(12)13)8-7-9(2)3/h9-10H,4-8H2,1-3H3,(H,12,13)/p-1. The molecule has 0 saturated heterocycles. The van der Waals surface area contributed by atoms with E-state index in [1.54, 1.807) is 0 Å². The molecule has 0 aromatic carbocycles. The van der Waals surface area contributed by atoms with Crippen molar-refractivity contribution in [2.24, 2.45) is 11.8 Å². The molecule has 0 aromatic heterocycles. The number of carbonyl (C=O) groups excluding carboxylic acids is 1. The van der Waals surface area contributed by atoms with E-state index in [2.05, 4.69) is 20.8 Å². The Bertz CT molecular complexity index is 141. The van der Waals surface area contributed by atoms with Crippen molar-refractivity contribution >= 4 is 5.97 Å². The maximum absolute atomic E-state index is 10.7. The summed E-state index contributed by atoms with van der Waals surface area (Å²) < 4.78 is 0. The van der Waals surface area contributed by atoms with Gasteiger partial charge in [0.25, 0.3) is 0 Å². The Morgan fingerprint density at radius 1 is 1.23 bits per heavy atom. The van der Waals surface area contributed by atoms with Crippen molar-refractivity contribution in [3.8, 4) is 0 Å². The molecule has 2 nitrogen and oxygen atoms in total. The first kappa shape index (κ1) is 12.5. The van der Waals surface area contributed by atoms with E-state index in [1.165, 1.54) is 0 Å². The summed E-state index contributed by atoms with van der Waals surface area (Å²) in [4.78, 5) is 10.7. The van der Waals surface area contributed by atoms with E-state index in [0.29, 0.717) is 5.92 Å². The minimum absolute atomic E-state index is 0.220. The molecular formula is C11H21O2-. The lowest BCUT2D eigenvalue weighted by Crippen LogP contribution is -2.31. The van der Waals surface area contributed by atoms with E-state index in [4.69, 9.17) is 0 Å². The van der Waals surface area contributed by atoms with Crippen LogP contribution in [0.1, 0.15) is 52.9 Å². The van der Waals surface area contributed by atoms with Gasteiger partial charge in [-0.1, -0.05) is 40.0 Å². The van der Waals surface area contributed by atoms with Crippen LogP contribution >= 0.6 is 0 Å². The van der Waals surface area contributed by atoms with Crippen molar-refractivity contribution in [3.63, 3.8) is 0 Å². The molecule has 0 heterocycles. The van der Waals surface area contributed by atoms with Gasteiger partial charge in [0.1, 0.15) is 0 Å². The lowest BCUT2D eigenvalue weighted by molar-refractivity contribution is -0.312. The van der Waals surface area contributed by atoms with Crippen LogP contribution in [0.15, 0.2) is 0 Å². The second-order valence-corrected chi connectivity index (χ2v) is 4.13. The molecule has 1 atom stereocenters. The summed E-state index contributed by atoms with van der Waals surface area (Å²) in [6.07, 6.45) is 4.61. The highest BCUT2D eigenvalue weighted by Crippen LogP contribution is 2.17. The second kappa shape index (κ2) is 6.93. The number of aliphatic carboxylic acids is 1. The van der Waals surface area contributed by atoms with Gasteiger partial charge in [0.05, 0.1) is 0 Å². The highest BCUT2D eigenvalue weighted by molar-refractivity contribution is 5.67. The molecule has 2 heteroatoms. The van der Waals surface area contributed by atoms with Crippen LogP contribution in [0.2, 0.25) is 0 Å². The van der Waals surface area contributed by atoms with Crippen molar-refractivity contribution in [2.45, 2.75) is 52.9 Å². The molecule has 0 aromatic rings. The number of rotatable bonds is 7. The highest BCUT2D eigenvalue weighted by Gasteiger charge is 2.09. The number of carbonyl (C=O) groups is 1. The predicted octanol–water partition coefficient (Wildman–Crippen LogP) is 1.98. The van der Waals surface area contributed by atoms with Gasteiger partial charge in [0.15, 0.2) is 0 Å². The number of hydrogen-bond acceptors (Lipinski definition) is 2. The van der Waals surface area contributed by atoms with E-state index < -0.39 is 5.97 Å². The van der Waals surface area contributed by atoms with Gasteiger partial charge in [-0.15, -0.1) is 0 Å². The van der Waals surface area contributed by atoms with Crippen LogP contribution in [0.4, 0.5) is 0 Å². The van der Waals surface area contributed by atoms with Crippen LogP contribution in [-0.2, 0) is 4.79 Å². The monoisotopic (exact) mass is 185 g/mol. The van der Waals surface area contributed by atoms with E-state index in [1.807, 2.05) is 0 Å². The van der Waals surface area contributed by atoms with Gasteiger partial charge < -0.3 is 9.90 Å². The lowest BCUT2D eigenvalue weighted by atomic mass is 9.93. The first-order valence-electron chi connectivity index (χ1n) is 5.28. The molecule has 0 saturated carbocycles. The summed E-state index contributed by atoms with van der Waals surface area (Å²) in [6, 6.07) is 0. The average Bonchev–Trinajstić information content (AvgIpc) is 2.03. The van der Waals surface area contributed by atoms with Crippen molar-refractivity contribution in [1.29, 1.82) is 0 Å². The smallest absolute Gasteiger partial charge is 0.0445 e. The zero-order valence-corrected chi connectivity index (χ0v) is 9.01. The summed E-state index contributed by atoms with van der Waals surface area (Å²) in [5.41, 5.74) is 0. The minimum atomic E-state index is -0.867. The predicted molar refractivity (Wildman–Crippen MR) is 52.1 cm³/mol. The van der Waals surface area contributed by atoms with Gasteiger partial charge in [-0.05, 0) is 24.7 Å². The summed E-state index contributed by atoms with van der Waals surface area (Å²) in [5.74, 6) is -0.500. The van der Waals surface area contributed by atoms with Crippen molar-refractivity contribution in [2.75, 3.05) is 0 Å². The molecular weight excluding hydrogens is 164 g/mol. The molecule has 0 aliphatic carbocycles. The molecule has 78 valence electrons. The van der Waals surface area contributed by atoms with Gasteiger partial charge in [-0.2, -0.15) is 0 Å². The zero-order valence-electron chi connectivity index (χ0n) is 9.01. The summed E-state index contributed by atoms with van der Waals surface area (Å²) in [6.45, 7) is 6.31. The van der Waals surface area contributed by atoms with Crippen molar-refractivity contribution in [3.05, 3.63) is 0 Å². The molecule has 0 aliphatic heterocycles. The van der Waals surface area contributed by atoms with Crippen LogP contribution in [0.25, 0.3) is 0 Å². The largest absolute Gasteiger partial charge is 0.550 e. The second-order valence-electron chi connectivity index (χ2n) is 4.13. The maximum atomic E-state index is 10.7. The third-order valence-electron chi connectivity index (χ3n) is 2.33. The van der Waals surface area contributed by atoms with E-state index >= 15 is 0 Å². The fraction of sp³-hybridized carbons (Fsp3) is 0.909. The molecule has 0 fully saturated rings. The number of unbranched alkanes of at least 4 members (excludes halogenated alkanes) is 1. The maximum Gasteiger partial charge on any atom is 0.0445 e. The molecule has 0 bridgehead atoms. The SMILES string of the molecule is CCCCC(CCC(C)C)C(=O)[O-]. The van der Waals surface area contributed by atoms with Crippen LogP contribution in [0.3, 0.4) is 0 Å². The van der Waals surface area contributed by atoms with Gasteiger partial charge in [0.2, 0.25) is 0 Å². The van der Waals surface area contributed by atoms with Crippen LogP contribution in [0, 0.1) is 11.8 Å². The Hall–Kier alpha value is -0.530. The third-order valence-corrected chi connectivity index (χ3v) is 2.33. The Morgan fingerprint density at radius 3 is 2.23 bits per heavy atom. The Kier molecular flexibility index (Phi) is 6.65. The topological polar surface area (TPSA) is 40.1 Å². The van der Waals surface area contributed by atoms with Gasteiger partial charge in [-0.3, -0.25) is 0 Å². The van der Waals surface area contributed by atoms with E-state index in [0.717, 1.165) is 32.1 Å². The van der Waals surface area contributed by atoms with E-state index in [-0.39, 0.29) is 5.92 Å². The fourth-order valence-electron chi connectivity index (χ4n) is 1.37. The third kappa shape index (κ3) is 6.62. The molecule has 0 N–H and O–H groups in total. The summed E-state index contributed by atoms with van der Waals surface area (Å²) in [7, 11) is 0. The molecule has 1 unspecified atom stereocenters. The van der Waals surface area contributed by atoms with Crippen molar-refractivity contribution in [1.82, 2.24) is 0 Å². The Morgan fingerprint density at radius 2 is 1.85 bits per heavy atom. The molecule has 0 amide bonds. The highest BCUT2D eigenvalue weighted by atomic mass is 16.4.